The van der Waals surface area contributed by atoms with Gasteiger partial charge in [0.2, 0.25) is 0 Å². The van der Waals surface area contributed by atoms with Gasteiger partial charge in [0.05, 0.1) is 18.1 Å². The van der Waals surface area contributed by atoms with Crippen LogP contribution in [0.5, 0.6) is 0 Å². The standard InChI is InChI=1S/C12H17ClN2S/c13-5-10-8-16-12(14-10)7-15(11-3-4-11)6-9-1-2-9/h8-9,11H,1-7H2. The smallest absolute Gasteiger partial charge is 0.107 e. The van der Waals surface area contributed by atoms with E-state index in [-0.39, 0.29) is 0 Å². The average molecular weight is 257 g/mol. The lowest BCUT2D eigenvalue weighted by atomic mass is 10.3. The molecule has 0 radical (unpaired) electrons. The molecule has 2 fully saturated rings. The van der Waals surface area contributed by atoms with Gasteiger partial charge >= 0.3 is 0 Å². The summed E-state index contributed by atoms with van der Waals surface area (Å²) >= 11 is 7.53. The average Bonchev–Trinajstić information content (AvgIpc) is 3.17. The summed E-state index contributed by atoms with van der Waals surface area (Å²) < 4.78 is 0. The minimum absolute atomic E-state index is 0.544. The lowest BCUT2D eigenvalue weighted by Gasteiger charge is -2.20. The van der Waals surface area contributed by atoms with Gasteiger partial charge in [0.15, 0.2) is 0 Å². The molecule has 0 bridgehead atoms. The van der Waals surface area contributed by atoms with Crippen LogP contribution in [0.25, 0.3) is 0 Å². The molecular formula is C12H17ClN2S. The molecule has 2 saturated carbocycles. The van der Waals surface area contributed by atoms with Crippen molar-refractivity contribution >= 4 is 22.9 Å². The van der Waals surface area contributed by atoms with Gasteiger partial charge in [0.25, 0.3) is 0 Å². The van der Waals surface area contributed by atoms with Crippen molar-refractivity contribution < 1.29 is 0 Å². The Bertz CT molecular complexity index is 358. The van der Waals surface area contributed by atoms with Crippen molar-refractivity contribution in [3.05, 3.63) is 16.1 Å². The van der Waals surface area contributed by atoms with Crippen LogP contribution < -0.4 is 0 Å². The third-order valence-corrected chi connectivity index (χ3v) is 4.48. The SMILES string of the molecule is ClCc1csc(CN(CC2CC2)C2CC2)n1. The second-order valence-corrected chi connectivity index (χ2v) is 6.18. The third kappa shape index (κ3) is 2.76. The Morgan fingerprint density at radius 3 is 2.75 bits per heavy atom. The Hall–Kier alpha value is -0.120. The Morgan fingerprint density at radius 1 is 1.38 bits per heavy atom. The summed E-state index contributed by atoms with van der Waals surface area (Å²) in [7, 11) is 0. The van der Waals surface area contributed by atoms with Crippen LogP contribution in [0.2, 0.25) is 0 Å². The maximum absolute atomic E-state index is 5.78. The number of rotatable bonds is 6. The molecule has 0 aliphatic heterocycles. The van der Waals surface area contributed by atoms with E-state index >= 15 is 0 Å². The van der Waals surface area contributed by atoms with Gasteiger partial charge in [-0.05, 0) is 31.6 Å². The zero-order valence-electron chi connectivity index (χ0n) is 9.36. The van der Waals surface area contributed by atoms with Crippen LogP contribution in [0.4, 0.5) is 0 Å². The first kappa shape index (κ1) is 11.0. The van der Waals surface area contributed by atoms with Gasteiger partial charge in [-0.2, -0.15) is 0 Å². The molecule has 0 N–H and O–H groups in total. The van der Waals surface area contributed by atoms with Crippen LogP contribution in [0.1, 0.15) is 36.4 Å². The number of alkyl halides is 1. The monoisotopic (exact) mass is 256 g/mol. The molecule has 0 spiro atoms. The zero-order valence-corrected chi connectivity index (χ0v) is 10.9. The first-order valence-electron chi connectivity index (χ1n) is 6.08. The minimum atomic E-state index is 0.544. The summed E-state index contributed by atoms with van der Waals surface area (Å²) in [6.45, 7) is 2.34. The highest BCUT2D eigenvalue weighted by Gasteiger charge is 2.33. The second kappa shape index (κ2) is 4.63. The van der Waals surface area contributed by atoms with Crippen molar-refractivity contribution in [1.29, 1.82) is 0 Å². The molecule has 0 aromatic carbocycles. The van der Waals surface area contributed by atoms with Crippen LogP contribution in [0.15, 0.2) is 5.38 Å². The van der Waals surface area contributed by atoms with E-state index in [0.29, 0.717) is 5.88 Å². The summed E-state index contributed by atoms with van der Waals surface area (Å²) in [5.41, 5.74) is 1.03. The van der Waals surface area contributed by atoms with Crippen molar-refractivity contribution in [2.24, 2.45) is 5.92 Å². The fourth-order valence-electron chi connectivity index (χ4n) is 2.07. The van der Waals surface area contributed by atoms with Gasteiger partial charge in [0, 0.05) is 18.0 Å². The molecular weight excluding hydrogens is 240 g/mol. The number of aromatic nitrogens is 1. The molecule has 1 heterocycles. The van der Waals surface area contributed by atoms with Gasteiger partial charge in [-0.15, -0.1) is 22.9 Å². The number of hydrogen-bond donors (Lipinski definition) is 0. The number of thiazole rings is 1. The molecule has 88 valence electrons. The Labute approximate surface area is 106 Å². The van der Waals surface area contributed by atoms with Crippen LogP contribution in [0.3, 0.4) is 0 Å². The Morgan fingerprint density at radius 2 is 2.19 bits per heavy atom. The second-order valence-electron chi connectivity index (χ2n) is 4.97. The summed E-state index contributed by atoms with van der Waals surface area (Å²) in [6, 6.07) is 0.851. The number of hydrogen-bond acceptors (Lipinski definition) is 3. The molecule has 2 nitrogen and oxygen atoms in total. The summed E-state index contributed by atoms with van der Waals surface area (Å²) in [6.07, 6.45) is 5.66. The largest absolute Gasteiger partial charge is 0.293 e. The minimum Gasteiger partial charge on any atom is -0.293 e. The van der Waals surface area contributed by atoms with Crippen molar-refractivity contribution in [3.63, 3.8) is 0 Å². The fraction of sp³-hybridized carbons (Fsp3) is 0.750. The predicted octanol–water partition coefficient (Wildman–Crippen LogP) is 3.26. The molecule has 1 aromatic rings. The van der Waals surface area contributed by atoms with E-state index in [1.807, 2.05) is 0 Å². The van der Waals surface area contributed by atoms with Gasteiger partial charge in [-0.1, -0.05) is 0 Å². The molecule has 1 aromatic heterocycles. The van der Waals surface area contributed by atoms with Gasteiger partial charge < -0.3 is 0 Å². The lowest BCUT2D eigenvalue weighted by molar-refractivity contribution is 0.243. The van der Waals surface area contributed by atoms with Crippen molar-refractivity contribution in [2.75, 3.05) is 6.54 Å². The van der Waals surface area contributed by atoms with E-state index in [4.69, 9.17) is 11.6 Å². The molecule has 0 atom stereocenters. The van der Waals surface area contributed by atoms with E-state index in [2.05, 4.69) is 15.3 Å². The van der Waals surface area contributed by atoms with Crippen molar-refractivity contribution in [3.8, 4) is 0 Å². The molecule has 4 heteroatoms. The molecule has 0 unspecified atom stereocenters. The molecule has 0 amide bonds. The van der Waals surface area contributed by atoms with E-state index in [1.54, 1.807) is 11.3 Å². The van der Waals surface area contributed by atoms with E-state index < -0.39 is 0 Å². The number of halogens is 1. The summed E-state index contributed by atoms with van der Waals surface area (Å²) in [5, 5.41) is 3.33. The molecule has 2 aliphatic carbocycles. The highest BCUT2D eigenvalue weighted by atomic mass is 35.5. The first-order valence-corrected chi connectivity index (χ1v) is 7.50. The highest BCUT2D eigenvalue weighted by Crippen LogP contribution is 2.35. The lowest BCUT2D eigenvalue weighted by Crippen LogP contribution is -2.27. The topological polar surface area (TPSA) is 16.1 Å². The fourth-order valence-corrected chi connectivity index (χ4v) is 3.12. The molecule has 2 aliphatic rings. The maximum atomic E-state index is 5.78. The van der Waals surface area contributed by atoms with E-state index in [0.717, 1.165) is 24.2 Å². The first-order chi connectivity index (χ1) is 7.85. The zero-order chi connectivity index (χ0) is 11.0. The number of nitrogens with zero attached hydrogens (tertiary/aromatic N) is 2. The van der Waals surface area contributed by atoms with E-state index in [9.17, 15) is 0 Å². The van der Waals surface area contributed by atoms with Crippen molar-refractivity contribution in [1.82, 2.24) is 9.88 Å². The van der Waals surface area contributed by atoms with E-state index in [1.165, 1.54) is 37.2 Å². The van der Waals surface area contributed by atoms with Gasteiger partial charge in [-0.3, -0.25) is 4.90 Å². The van der Waals surface area contributed by atoms with Crippen LogP contribution in [-0.2, 0) is 12.4 Å². The maximum Gasteiger partial charge on any atom is 0.107 e. The summed E-state index contributed by atoms with van der Waals surface area (Å²) in [5.74, 6) is 1.52. The molecule has 0 saturated heterocycles. The van der Waals surface area contributed by atoms with Crippen LogP contribution in [-0.4, -0.2) is 22.5 Å². The molecule has 3 rings (SSSR count). The molecule has 16 heavy (non-hydrogen) atoms. The van der Waals surface area contributed by atoms with Gasteiger partial charge in [0.1, 0.15) is 5.01 Å². The van der Waals surface area contributed by atoms with Crippen LogP contribution >= 0.6 is 22.9 Å². The quantitative estimate of drug-likeness (QED) is 0.727. The highest BCUT2D eigenvalue weighted by molar-refractivity contribution is 7.09. The Balaban J connectivity index is 1.60. The normalized spacial score (nSPS) is 20.6. The van der Waals surface area contributed by atoms with Crippen LogP contribution in [0, 0.1) is 5.92 Å². The third-order valence-electron chi connectivity index (χ3n) is 3.33. The van der Waals surface area contributed by atoms with Crippen molar-refractivity contribution in [2.45, 2.75) is 44.1 Å². The van der Waals surface area contributed by atoms with Gasteiger partial charge in [-0.25, -0.2) is 4.98 Å². The Kier molecular flexibility index (Phi) is 3.18. The summed E-state index contributed by atoms with van der Waals surface area (Å²) in [4.78, 5) is 7.18. The predicted molar refractivity (Wildman–Crippen MR) is 67.8 cm³/mol.